The molecule has 0 saturated carbocycles. The van der Waals surface area contributed by atoms with Crippen molar-refractivity contribution in [3.63, 3.8) is 0 Å². The predicted molar refractivity (Wildman–Crippen MR) is 164 cm³/mol. The second-order valence-corrected chi connectivity index (χ2v) is 11.5. The van der Waals surface area contributed by atoms with Gasteiger partial charge in [-0.15, -0.1) is 0 Å². The second kappa shape index (κ2) is 33.9. The summed E-state index contributed by atoms with van der Waals surface area (Å²) in [4.78, 5) is 4.70. The fourth-order valence-electron chi connectivity index (χ4n) is 4.65. The molecule has 0 aromatic carbocycles. The van der Waals surface area contributed by atoms with Gasteiger partial charge in [-0.25, -0.2) is 0 Å². The van der Waals surface area contributed by atoms with Gasteiger partial charge in [0, 0.05) is 0 Å². The average Bonchev–Trinajstić information content (AvgIpc) is 2.85. The number of nitrogens with zero attached hydrogens (tertiary/aromatic N) is 2. The molecule has 0 aliphatic rings. The summed E-state index contributed by atoms with van der Waals surface area (Å²) in [6.45, 7) is 10.6. The molecule has 0 radical (unpaired) electrons. The highest BCUT2D eigenvalue weighted by atomic mass is 15.1. The topological polar surface area (TPSA) is 6.48 Å². The van der Waals surface area contributed by atoms with Crippen LogP contribution >= 0.6 is 0 Å². The first-order valence-corrected chi connectivity index (χ1v) is 16.4. The van der Waals surface area contributed by atoms with Crippen molar-refractivity contribution in [1.82, 2.24) is 9.80 Å². The van der Waals surface area contributed by atoms with E-state index >= 15 is 0 Å². The Hall–Kier alpha value is -0.0800. The van der Waals surface area contributed by atoms with Crippen LogP contribution in [0.15, 0.2) is 0 Å². The minimum atomic E-state index is 1.19. The van der Waals surface area contributed by atoms with Gasteiger partial charge in [0.05, 0.1) is 0 Å². The van der Waals surface area contributed by atoms with Crippen molar-refractivity contribution in [2.75, 3.05) is 40.8 Å². The van der Waals surface area contributed by atoms with Crippen molar-refractivity contribution in [2.24, 2.45) is 0 Å². The van der Waals surface area contributed by atoms with Crippen LogP contribution in [0.4, 0.5) is 0 Å². The molecule has 2 heteroatoms. The Kier molecular flexibility index (Phi) is 35.9. The van der Waals surface area contributed by atoms with Crippen molar-refractivity contribution < 1.29 is 0 Å². The third kappa shape index (κ3) is 38.6. The van der Waals surface area contributed by atoms with Crippen molar-refractivity contribution in [3.8, 4) is 0 Å². The van der Waals surface area contributed by atoms with E-state index in [1.807, 2.05) is 0 Å². The lowest BCUT2D eigenvalue weighted by atomic mass is 10.1. The molecule has 0 aliphatic carbocycles. The maximum Gasteiger partial charge on any atom is -0.00219 e. The number of hydrogen-bond acceptors (Lipinski definition) is 2. The lowest BCUT2D eigenvalue weighted by Crippen LogP contribution is -2.18. The van der Waals surface area contributed by atoms with Crippen LogP contribution in [0, 0.1) is 0 Å². The molecule has 2 nitrogen and oxygen atoms in total. The van der Waals surface area contributed by atoms with Crippen LogP contribution in [0.25, 0.3) is 0 Å². The van der Waals surface area contributed by atoms with Crippen LogP contribution in [0.2, 0.25) is 0 Å². The van der Waals surface area contributed by atoms with Crippen LogP contribution in [-0.2, 0) is 0 Å². The largest absolute Gasteiger partial charge is 0.309 e. The van der Waals surface area contributed by atoms with Gasteiger partial charge in [0.1, 0.15) is 0 Å². The molecular weight excluding hydrogens is 424 g/mol. The molecule has 214 valence electrons. The zero-order valence-electron chi connectivity index (χ0n) is 26.0. The normalized spacial score (nSPS) is 11.3. The first-order valence-electron chi connectivity index (χ1n) is 16.4. The minimum Gasteiger partial charge on any atom is -0.309 e. The standard InChI is InChI=1S/C17H37N.C16H35N/c1-4-6-7-8-9-10-11-12-13-14-15-16-17-18(3)5-2;1-4-5-6-7-8-9-10-11-12-13-14-15-16-17(2)3/h4-17H2,1-3H3;4-16H2,1-3H3. The smallest absolute Gasteiger partial charge is 0.00219 e. The van der Waals surface area contributed by atoms with Gasteiger partial charge >= 0.3 is 0 Å². The van der Waals surface area contributed by atoms with E-state index in [-0.39, 0.29) is 0 Å². The average molecular weight is 497 g/mol. The molecule has 0 aromatic rings. The van der Waals surface area contributed by atoms with Crippen LogP contribution in [0.3, 0.4) is 0 Å². The van der Waals surface area contributed by atoms with Gasteiger partial charge < -0.3 is 9.80 Å². The fourth-order valence-corrected chi connectivity index (χ4v) is 4.65. The van der Waals surface area contributed by atoms with Crippen LogP contribution in [0.5, 0.6) is 0 Å². The highest BCUT2D eigenvalue weighted by Crippen LogP contribution is 2.13. The summed E-state index contributed by atoms with van der Waals surface area (Å²) in [7, 11) is 6.55. The molecule has 0 atom stereocenters. The zero-order chi connectivity index (χ0) is 26.2. The van der Waals surface area contributed by atoms with Gasteiger partial charge in [-0.1, -0.05) is 162 Å². The maximum atomic E-state index is 2.41. The second-order valence-electron chi connectivity index (χ2n) is 11.5. The summed E-state index contributed by atoms with van der Waals surface area (Å²) in [5.41, 5.74) is 0. The third-order valence-corrected chi connectivity index (χ3v) is 7.39. The Bertz CT molecular complexity index is 342. The predicted octanol–water partition coefficient (Wildman–Crippen LogP) is 10.9. The van der Waals surface area contributed by atoms with Crippen molar-refractivity contribution >= 4 is 0 Å². The Morgan fingerprint density at radius 1 is 0.314 bits per heavy atom. The summed E-state index contributed by atoms with van der Waals surface area (Å²) in [5, 5.41) is 0. The Balaban J connectivity index is 0. The first kappa shape index (κ1) is 37.1. The molecule has 0 bridgehead atoms. The molecule has 0 N–H and O–H groups in total. The molecule has 0 rings (SSSR count). The SMILES string of the molecule is CCCCCCCCCCCCCCN(C)C.CCCCCCCCCCCCCCN(C)CC. The van der Waals surface area contributed by atoms with E-state index in [9.17, 15) is 0 Å². The van der Waals surface area contributed by atoms with Crippen molar-refractivity contribution in [3.05, 3.63) is 0 Å². The Morgan fingerprint density at radius 3 is 0.829 bits per heavy atom. The Morgan fingerprint density at radius 2 is 0.571 bits per heavy atom. The molecule has 0 aromatic heterocycles. The molecule has 0 aliphatic heterocycles. The molecular formula is C33H72N2. The molecule has 35 heavy (non-hydrogen) atoms. The highest BCUT2D eigenvalue weighted by molar-refractivity contribution is 4.52. The van der Waals surface area contributed by atoms with Crippen LogP contribution in [-0.4, -0.2) is 50.6 Å². The lowest BCUT2D eigenvalue weighted by Gasteiger charge is -2.12. The number of unbranched alkanes of at least 4 members (excludes halogenated alkanes) is 22. The quantitative estimate of drug-likeness (QED) is 0.104. The minimum absolute atomic E-state index is 1.19. The van der Waals surface area contributed by atoms with E-state index < -0.39 is 0 Å². The van der Waals surface area contributed by atoms with Crippen molar-refractivity contribution in [2.45, 2.75) is 175 Å². The van der Waals surface area contributed by atoms with Gasteiger partial charge in [-0.05, 0) is 53.6 Å². The van der Waals surface area contributed by atoms with E-state index in [0.717, 1.165) is 0 Å². The van der Waals surface area contributed by atoms with E-state index in [0.29, 0.717) is 0 Å². The highest BCUT2D eigenvalue weighted by Gasteiger charge is 1.96. The Labute approximate surface area is 225 Å². The first-order chi connectivity index (χ1) is 17.1. The van der Waals surface area contributed by atoms with E-state index in [1.54, 1.807) is 0 Å². The van der Waals surface area contributed by atoms with Crippen LogP contribution < -0.4 is 0 Å². The molecule has 0 amide bonds. The summed E-state index contributed by atoms with van der Waals surface area (Å²) in [6.07, 6.45) is 34.7. The summed E-state index contributed by atoms with van der Waals surface area (Å²) in [6, 6.07) is 0. The third-order valence-electron chi connectivity index (χ3n) is 7.39. The zero-order valence-corrected chi connectivity index (χ0v) is 26.0. The summed E-state index contributed by atoms with van der Waals surface area (Å²) < 4.78 is 0. The van der Waals surface area contributed by atoms with Gasteiger partial charge in [0.15, 0.2) is 0 Å². The lowest BCUT2D eigenvalue weighted by molar-refractivity contribution is 0.340. The molecule has 0 spiro atoms. The molecule has 0 saturated heterocycles. The van der Waals surface area contributed by atoms with Gasteiger partial charge in [-0.3, -0.25) is 0 Å². The van der Waals surface area contributed by atoms with Crippen LogP contribution in [0.1, 0.15) is 175 Å². The number of hydrogen-bond donors (Lipinski definition) is 0. The molecule has 0 heterocycles. The molecule has 0 unspecified atom stereocenters. The van der Waals surface area contributed by atoms with Gasteiger partial charge in [-0.2, -0.15) is 0 Å². The van der Waals surface area contributed by atoms with Gasteiger partial charge in [0.25, 0.3) is 0 Å². The van der Waals surface area contributed by atoms with E-state index in [1.165, 1.54) is 174 Å². The van der Waals surface area contributed by atoms with E-state index in [4.69, 9.17) is 0 Å². The van der Waals surface area contributed by atoms with E-state index in [2.05, 4.69) is 51.7 Å². The van der Waals surface area contributed by atoms with Gasteiger partial charge in [0.2, 0.25) is 0 Å². The summed E-state index contributed by atoms with van der Waals surface area (Å²) in [5.74, 6) is 0. The monoisotopic (exact) mass is 497 g/mol. The fraction of sp³-hybridized carbons (Fsp3) is 1.00. The number of rotatable bonds is 27. The maximum absolute atomic E-state index is 2.41. The van der Waals surface area contributed by atoms with Crippen molar-refractivity contribution in [1.29, 1.82) is 0 Å². The summed E-state index contributed by atoms with van der Waals surface area (Å²) >= 11 is 0. The molecule has 0 fully saturated rings.